The third-order valence-corrected chi connectivity index (χ3v) is 4.18. The van der Waals surface area contributed by atoms with E-state index in [1.165, 1.54) is 6.07 Å². The van der Waals surface area contributed by atoms with Gasteiger partial charge >= 0.3 is 0 Å². The number of nitrogens with one attached hydrogen (secondary N) is 1. The molecule has 0 bridgehead atoms. The van der Waals surface area contributed by atoms with Crippen LogP contribution in [0.3, 0.4) is 0 Å². The minimum absolute atomic E-state index is 0.247. The van der Waals surface area contributed by atoms with E-state index in [0.717, 1.165) is 16.5 Å². The molecule has 122 valence electrons. The van der Waals surface area contributed by atoms with Crippen LogP contribution in [0.15, 0.2) is 30.5 Å². The zero-order valence-corrected chi connectivity index (χ0v) is 13.4. The molecule has 0 spiro atoms. The number of hydrogen-bond donors (Lipinski definition) is 1. The second-order valence-electron chi connectivity index (χ2n) is 5.97. The van der Waals surface area contributed by atoms with Gasteiger partial charge in [-0.3, -0.25) is 9.48 Å². The van der Waals surface area contributed by atoms with Crippen LogP contribution in [0, 0.1) is 12.7 Å². The van der Waals surface area contributed by atoms with E-state index in [1.807, 2.05) is 32.3 Å². The van der Waals surface area contributed by atoms with Crippen molar-refractivity contribution in [2.45, 2.75) is 6.92 Å². The maximum atomic E-state index is 14.6. The highest BCUT2D eigenvalue weighted by atomic mass is 19.1. The second kappa shape index (κ2) is 5.33. The van der Waals surface area contributed by atoms with Crippen molar-refractivity contribution in [2.75, 3.05) is 13.2 Å². The molecule has 5 nitrogen and oxygen atoms in total. The molecule has 0 unspecified atom stereocenters. The molecule has 0 radical (unpaired) electrons. The number of carbonyl (C=O) groups is 1. The summed E-state index contributed by atoms with van der Waals surface area (Å²) in [7, 11) is 1.85. The molecule has 0 fully saturated rings. The largest absolute Gasteiger partial charge is 0.491 e. The average Bonchev–Trinajstić information content (AvgIpc) is 2.82. The Morgan fingerprint density at radius 2 is 2.08 bits per heavy atom. The van der Waals surface area contributed by atoms with Gasteiger partial charge in [-0.05, 0) is 36.2 Å². The Hall–Kier alpha value is -2.89. The molecule has 24 heavy (non-hydrogen) atoms. The average molecular weight is 325 g/mol. The summed E-state index contributed by atoms with van der Waals surface area (Å²) in [5.74, 6) is -0.376. The molecule has 1 aliphatic heterocycles. The molecule has 2 heterocycles. The van der Waals surface area contributed by atoms with Crippen LogP contribution in [0.25, 0.3) is 22.0 Å². The molecule has 4 rings (SSSR count). The number of fused-ring (bicyclic) bond motifs is 2. The van der Waals surface area contributed by atoms with Crippen molar-refractivity contribution in [1.82, 2.24) is 15.1 Å². The zero-order valence-electron chi connectivity index (χ0n) is 13.4. The third kappa shape index (κ3) is 2.31. The van der Waals surface area contributed by atoms with Gasteiger partial charge in [0.2, 0.25) is 0 Å². The molecular formula is C18H16FN3O2. The fraction of sp³-hybridized carbons (Fsp3) is 0.222. The first-order valence-corrected chi connectivity index (χ1v) is 7.72. The summed E-state index contributed by atoms with van der Waals surface area (Å²) >= 11 is 0. The van der Waals surface area contributed by atoms with Crippen LogP contribution in [0.5, 0.6) is 5.75 Å². The SMILES string of the molecule is Cc1cc(-c2cc3c(cc2F)OCCNC3=O)cc2cn(C)nc12. The van der Waals surface area contributed by atoms with Gasteiger partial charge < -0.3 is 10.1 Å². The van der Waals surface area contributed by atoms with Crippen LogP contribution in [0.4, 0.5) is 4.39 Å². The summed E-state index contributed by atoms with van der Waals surface area (Å²) in [6.45, 7) is 2.68. The predicted molar refractivity (Wildman–Crippen MR) is 88.7 cm³/mol. The van der Waals surface area contributed by atoms with E-state index in [0.29, 0.717) is 29.8 Å². The van der Waals surface area contributed by atoms with Crippen molar-refractivity contribution in [1.29, 1.82) is 0 Å². The second-order valence-corrected chi connectivity index (χ2v) is 5.97. The molecule has 2 aromatic carbocycles. The fourth-order valence-corrected chi connectivity index (χ4v) is 3.08. The number of hydrogen-bond acceptors (Lipinski definition) is 3. The molecule has 0 saturated heterocycles. The van der Waals surface area contributed by atoms with Gasteiger partial charge in [-0.1, -0.05) is 0 Å². The summed E-state index contributed by atoms with van der Waals surface area (Å²) < 4.78 is 21.8. The minimum atomic E-state index is -0.411. The molecule has 0 aliphatic carbocycles. The standard InChI is InChI=1S/C18H16FN3O2/c1-10-5-11(6-12-9-22(2)21-17(10)12)13-7-14-16(8-15(13)19)24-4-3-20-18(14)23/h5-9H,3-4H2,1-2H3,(H,20,23). The first kappa shape index (κ1) is 14.7. The van der Waals surface area contributed by atoms with Gasteiger partial charge in [-0.2, -0.15) is 5.10 Å². The number of nitrogens with zero attached hydrogens (tertiary/aromatic N) is 2. The molecule has 0 saturated carbocycles. The van der Waals surface area contributed by atoms with Gasteiger partial charge in [-0.25, -0.2) is 4.39 Å². The summed E-state index contributed by atoms with van der Waals surface area (Å²) in [5.41, 5.74) is 3.29. The number of ether oxygens (including phenoxy) is 1. The Labute approximate surface area is 138 Å². The number of aromatic nitrogens is 2. The van der Waals surface area contributed by atoms with Crippen LogP contribution in [0.1, 0.15) is 15.9 Å². The van der Waals surface area contributed by atoms with Gasteiger partial charge in [0.25, 0.3) is 5.91 Å². The highest BCUT2D eigenvalue weighted by Gasteiger charge is 2.20. The van der Waals surface area contributed by atoms with Gasteiger partial charge in [0.1, 0.15) is 18.2 Å². The Morgan fingerprint density at radius 1 is 1.25 bits per heavy atom. The van der Waals surface area contributed by atoms with Gasteiger partial charge in [0.15, 0.2) is 0 Å². The highest BCUT2D eigenvalue weighted by molar-refractivity contribution is 5.99. The van der Waals surface area contributed by atoms with Crippen molar-refractivity contribution >= 4 is 16.8 Å². The van der Waals surface area contributed by atoms with E-state index in [2.05, 4.69) is 10.4 Å². The van der Waals surface area contributed by atoms with Gasteiger partial charge in [0.05, 0.1) is 17.6 Å². The first-order chi connectivity index (χ1) is 11.5. The van der Waals surface area contributed by atoms with Gasteiger partial charge in [-0.15, -0.1) is 0 Å². The first-order valence-electron chi connectivity index (χ1n) is 7.72. The fourth-order valence-electron chi connectivity index (χ4n) is 3.08. The maximum Gasteiger partial charge on any atom is 0.255 e. The summed E-state index contributed by atoms with van der Waals surface area (Å²) in [4.78, 5) is 12.2. The molecule has 0 atom stereocenters. The lowest BCUT2D eigenvalue weighted by molar-refractivity contribution is 0.0957. The Kier molecular flexibility index (Phi) is 3.26. The van der Waals surface area contributed by atoms with Crippen molar-refractivity contribution in [3.63, 3.8) is 0 Å². The Balaban J connectivity index is 1.92. The summed E-state index contributed by atoms with van der Waals surface area (Å²) in [5, 5.41) is 8.08. The van der Waals surface area contributed by atoms with Crippen molar-refractivity contribution in [3.05, 3.63) is 47.4 Å². The lowest BCUT2D eigenvalue weighted by atomic mass is 9.98. The third-order valence-electron chi connectivity index (χ3n) is 4.18. The van der Waals surface area contributed by atoms with Crippen molar-refractivity contribution in [2.24, 2.45) is 7.05 Å². The van der Waals surface area contributed by atoms with E-state index in [4.69, 9.17) is 4.74 Å². The Morgan fingerprint density at radius 3 is 2.92 bits per heavy atom. The van der Waals surface area contributed by atoms with Crippen LogP contribution < -0.4 is 10.1 Å². The molecule has 1 aliphatic rings. The van der Waals surface area contributed by atoms with E-state index in [9.17, 15) is 9.18 Å². The smallest absolute Gasteiger partial charge is 0.255 e. The van der Waals surface area contributed by atoms with Crippen LogP contribution in [-0.4, -0.2) is 28.8 Å². The molecule has 1 amide bonds. The highest BCUT2D eigenvalue weighted by Crippen LogP contribution is 2.33. The summed E-state index contributed by atoms with van der Waals surface area (Å²) in [6, 6.07) is 6.62. The summed E-state index contributed by atoms with van der Waals surface area (Å²) in [6.07, 6.45) is 1.89. The van der Waals surface area contributed by atoms with Crippen LogP contribution >= 0.6 is 0 Å². The molecule has 1 aromatic heterocycles. The predicted octanol–water partition coefficient (Wildman–Crippen LogP) is 2.81. The van der Waals surface area contributed by atoms with Crippen LogP contribution in [0.2, 0.25) is 0 Å². The number of rotatable bonds is 1. The Bertz CT molecular complexity index is 978. The number of benzene rings is 2. The lowest BCUT2D eigenvalue weighted by Crippen LogP contribution is -2.24. The quantitative estimate of drug-likeness (QED) is 0.748. The maximum absolute atomic E-state index is 14.6. The van der Waals surface area contributed by atoms with E-state index < -0.39 is 5.82 Å². The molecule has 6 heteroatoms. The number of aryl methyl sites for hydroxylation is 2. The van der Waals surface area contributed by atoms with Crippen molar-refractivity contribution in [3.8, 4) is 16.9 Å². The molecule has 1 N–H and O–H groups in total. The minimum Gasteiger partial charge on any atom is -0.491 e. The van der Waals surface area contributed by atoms with Crippen molar-refractivity contribution < 1.29 is 13.9 Å². The van der Waals surface area contributed by atoms with E-state index >= 15 is 0 Å². The molecule has 3 aromatic rings. The number of amides is 1. The lowest BCUT2D eigenvalue weighted by Gasteiger charge is -2.11. The molecular weight excluding hydrogens is 309 g/mol. The van der Waals surface area contributed by atoms with E-state index in [-0.39, 0.29) is 11.7 Å². The monoisotopic (exact) mass is 325 g/mol. The van der Waals surface area contributed by atoms with Gasteiger partial charge in [0, 0.05) is 30.3 Å². The van der Waals surface area contributed by atoms with E-state index in [1.54, 1.807) is 10.7 Å². The normalized spacial score (nSPS) is 14.0. The zero-order chi connectivity index (χ0) is 16.8. The van der Waals surface area contributed by atoms with Crippen LogP contribution in [-0.2, 0) is 7.05 Å². The number of halogens is 1. The number of carbonyl (C=O) groups excluding carboxylic acids is 1. The topological polar surface area (TPSA) is 56.1 Å².